The summed E-state index contributed by atoms with van der Waals surface area (Å²) < 4.78 is 5.18. The van der Waals surface area contributed by atoms with Gasteiger partial charge in [0.25, 0.3) is 5.91 Å². The van der Waals surface area contributed by atoms with Crippen LogP contribution in [0.1, 0.15) is 17.4 Å². The molecule has 0 saturated heterocycles. The molecule has 3 rings (SSSR count). The number of aliphatic hydroxyl groups is 1. The molecule has 3 heterocycles. The second-order valence-corrected chi connectivity index (χ2v) is 6.47. The maximum atomic E-state index is 12.8. The Hall–Kier alpha value is -3.19. The van der Waals surface area contributed by atoms with Gasteiger partial charge in [-0.3, -0.25) is 14.6 Å². The molecule has 0 saturated carbocycles. The summed E-state index contributed by atoms with van der Waals surface area (Å²) in [5.74, 6) is -1.01. The van der Waals surface area contributed by atoms with E-state index in [-0.39, 0.29) is 5.57 Å². The Morgan fingerprint density at radius 3 is 2.81 bits per heavy atom. The van der Waals surface area contributed by atoms with E-state index in [4.69, 9.17) is 4.42 Å². The quantitative estimate of drug-likeness (QED) is 0.755. The molecule has 0 aliphatic carbocycles. The second-order valence-electron chi connectivity index (χ2n) is 6.47. The Kier molecular flexibility index (Phi) is 5.52. The number of allylic oxidation sites excluding steroid dienone is 1. The van der Waals surface area contributed by atoms with Gasteiger partial charge in [0.2, 0.25) is 0 Å². The van der Waals surface area contributed by atoms with Gasteiger partial charge >= 0.3 is 0 Å². The Morgan fingerprint density at radius 2 is 2.19 bits per heavy atom. The molecule has 2 aromatic heterocycles. The first-order valence-corrected chi connectivity index (χ1v) is 8.53. The van der Waals surface area contributed by atoms with E-state index < -0.39 is 23.5 Å². The minimum absolute atomic E-state index is 0.0505. The molecule has 2 aromatic rings. The molecule has 1 N–H and O–H groups in total. The third kappa shape index (κ3) is 3.98. The van der Waals surface area contributed by atoms with Gasteiger partial charge in [0.05, 0.1) is 17.9 Å². The number of aliphatic hydroxyl groups excluding tert-OH is 1. The third-order valence-corrected chi connectivity index (χ3v) is 4.30. The largest absolute Gasteiger partial charge is 0.503 e. The lowest BCUT2D eigenvalue weighted by Gasteiger charge is -2.27. The fourth-order valence-corrected chi connectivity index (χ4v) is 2.96. The number of furan rings is 1. The van der Waals surface area contributed by atoms with Crippen LogP contribution in [0.15, 0.2) is 64.7 Å². The lowest BCUT2D eigenvalue weighted by atomic mass is 9.97. The van der Waals surface area contributed by atoms with Crippen molar-refractivity contribution in [3.63, 3.8) is 0 Å². The molecule has 1 aliphatic rings. The number of nitrogens with zero attached hydrogens (tertiary/aromatic N) is 3. The van der Waals surface area contributed by atoms with Crippen molar-refractivity contribution in [2.45, 2.75) is 6.04 Å². The van der Waals surface area contributed by atoms with Gasteiger partial charge in [-0.05, 0) is 50.0 Å². The maximum absolute atomic E-state index is 12.8. The Morgan fingerprint density at radius 1 is 1.37 bits per heavy atom. The number of likely N-dealkylation sites (N-methyl/N-ethyl adjacent to an activating group) is 1. The summed E-state index contributed by atoms with van der Waals surface area (Å²) >= 11 is 0. The number of hydrogen-bond donors (Lipinski definition) is 1. The van der Waals surface area contributed by atoms with Crippen molar-refractivity contribution >= 4 is 17.8 Å². The van der Waals surface area contributed by atoms with Crippen molar-refractivity contribution < 1.29 is 19.1 Å². The van der Waals surface area contributed by atoms with Crippen LogP contribution in [0.4, 0.5) is 0 Å². The van der Waals surface area contributed by atoms with E-state index >= 15 is 0 Å². The molecule has 0 bridgehead atoms. The molecule has 1 aliphatic heterocycles. The smallest absolute Gasteiger partial charge is 0.290 e. The highest BCUT2D eigenvalue weighted by Gasteiger charge is 2.42. The lowest BCUT2D eigenvalue weighted by Crippen LogP contribution is -2.36. The minimum atomic E-state index is -0.681. The normalized spacial score (nSPS) is 17.5. The third-order valence-electron chi connectivity index (χ3n) is 4.30. The average molecular weight is 367 g/mol. The minimum Gasteiger partial charge on any atom is -0.503 e. The van der Waals surface area contributed by atoms with Crippen LogP contribution in [0.25, 0.3) is 6.08 Å². The van der Waals surface area contributed by atoms with Gasteiger partial charge < -0.3 is 19.3 Å². The molecule has 0 radical (unpaired) electrons. The van der Waals surface area contributed by atoms with Crippen molar-refractivity contribution in [1.29, 1.82) is 0 Å². The molecular formula is C20H21N3O4. The van der Waals surface area contributed by atoms with E-state index in [2.05, 4.69) is 4.98 Å². The standard InChI is InChI=1S/C20H21N3O4/c1-22(2)10-11-23-18(14-5-3-9-21-13-14)17(19(25)20(23)26)16(24)8-7-15-6-4-12-27-15/h3-9,12-13,18,25H,10-11H2,1-2H3/b8-7+. The van der Waals surface area contributed by atoms with Crippen LogP contribution in [-0.4, -0.2) is 58.8 Å². The summed E-state index contributed by atoms with van der Waals surface area (Å²) in [6.07, 6.45) is 7.53. The highest BCUT2D eigenvalue weighted by molar-refractivity contribution is 6.14. The second kappa shape index (κ2) is 8.01. The molecule has 140 valence electrons. The predicted molar refractivity (Wildman–Crippen MR) is 99.6 cm³/mol. The van der Waals surface area contributed by atoms with Crippen molar-refractivity contribution in [3.8, 4) is 0 Å². The molecule has 0 spiro atoms. The lowest BCUT2D eigenvalue weighted by molar-refractivity contribution is -0.129. The highest BCUT2D eigenvalue weighted by Crippen LogP contribution is 2.37. The van der Waals surface area contributed by atoms with Crippen LogP contribution >= 0.6 is 0 Å². The zero-order valence-electron chi connectivity index (χ0n) is 15.2. The first-order valence-electron chi connectivity index (χ1n) is 8.53. The van der Waals surface area contributed by atoms with Crippen LogP contribution < -0.4 is 0 Å². The summed E-state index contributed by atoms with van der Waals surface area (Å²) in [7, 11) is 3.79. The number of ketones is 1. The van der Waals surface area contributed by atoms with E-state index in [1.54, 1.807) is 36.7 Å². The van der Waals surface area contributed by atoms with Gasteiger partial charge in [0, 0.05) is 25.5 Å². The Bertz CT molecular complexity index is 870. The number of carbonyl (C=O) groups excluding carboxylic acids is 2. The van der Waals surface area contributed by atoms with Gasteiger partial charge in [0.15, 0.2) is 11.5 Å². The fourth-order valence-electron chi connectivity index (χ4n) is 2.96. The zero-order valence-corrected chi connectivity index (χ0v) is 15.2. The highest BCUT2D eigenvalue weighted by atomic mass is 16.3. The van der Waals surface area contributed by atoms with E-state index in [9.17, 15) is 14.7 Å². The van der Waals surface area contributed by atoms with Crippen LogP contribution in [0.2, 0.25) is 0 Å². The fraction of sp³-hybridized carbons (Fsp3) is 0.250. The molecule has 27 heavy (non-hydrogen) atoms. The molecule has 0 fully saturated rings. The Balaban J connectivity index is 1.95. The van der Waals surface area contributed by atoms with E-state index in [1.165, 1.54) is 23.3 Å². The SMILES string of the molecule is CN(C)CCN1C(=O)C(O)=C(C(=O)/C=C/c2ccco2)C1c1cccnc1. The van der Waals surface area contributed by atoms with Crippen LogP contribution in [-0.2, 0) is 9.59 Å². The average Bonchev–Trinajstić information content (AvgIpc) is 3.26. The van der Waals surface area contributed by atoms with Gasteiger partial charge in [0.1, 0.15) is 5.76 Å². The number of pyridine rings is 1. The van der Waals surface area contributed by atoms with Gasteiger partial charge in [-0.25, -0.2) is 0 Å². The monoisotopic (exact) mass is 367 g/mol. The molecular weight excluding hydrogens is 346 g/mol. The molecule has 1 unspecified atom stereocenters. The Labute approximate surface area is 157 Å². The van der Waals surface area contributed by atoms with Crippen molar-refractivity contribution in [1.82, 2.24) is 14.8 Å². The van der Waals surface area contributed by atoms with Gasteiger partial charge in [-0.15, -0.1) is 0 Å². The summed E-state index contributed by atoms with van der Waals surface area (Å²) in [5.41, 5.74) is 0.720. The zero-order chi connectivity index (χ0) is 19.4. The van der Waals surface area contributed by atoms with Crippen LogP contribution in [0, 0.1) is 0 Å². The van der Waals surface area contributed by atoms with Crippen molar-refractivity contribution in [3.05, 3.63) is 71.7 Å². The molecule has 7 heteroatoms. The van der Waals surface area contributed by atoms with E-state index in [1.807, 2.05) is 19.0 Å². The number of carbonyl (C=O) groups is 2. The first-order chi connectivity index (χ1) is 13.0. The topological polar surface area (TPSA) is 86.9 Å². The van der Waals surface area contributed by atoms with Gasteiger partial charge in [-0.2, -0.15) is 0 Å². The predicted octanol–water partition coefficient (Wildman–Crippen LogP) is 2.21. The molecule has 1 atom stereocenters. The number of aromatic nitrogens is 1. The van der Waals surface area contributed by atoms with Crippen molar-refractivity contribution in [2.24, 2.45) is 0 Å². The van der Waals surface area contributed by atoms with Gasteiger partial charge in [-0.1, -0.05) is 6.07 Å². The van der Waals surface area contributed by atoms with Crippen LogP contribution in [0.3, 0.4) is 0 Å². The molecule has 1 amide bonds. The summed E-state index contributed by atoms with van der Waals surface area (Å²) in [5, 5.41) is 10.4. The number of rotatable bonds is 7. The molecule has 7 nitrogen and oxygen atoms in total. The summed E-state index contributed by atoms with van der Waals surface area (Å²) in [6, 6.07) is 6.26. The summed E-state index contributed by atoms with van der Waals surface area (Å²) in [4.78, 5) is 33.0. The number of amides is 1. The maximum Gasteiger partial charge on any atom is 0.290 e. The summed E-state index contributed by atoms with van der Waals surface area (Å²) in [6.45, 7) is 0.966. The first kappa shape index (κ1) is 18.6. The molecule has 0 aromatic carbocycles. The van der Waals surface area contributed by atoms with Crippen molar-refractivity contribution in [2.75, 3.05) is 27.2 Å². The van der Waals surface area contributed by atoms with E-state index in [0.717, 1.165) is 0 Å². The number of hydrogen-bond acceptors (Lipinski definition) is 6. The van der Waals surface area contributed by atoms with Crippen LogP contribution in [0.5, 0.6) is 0 Å². The van der Waals surface area contributed by atoms with E-state index in [0.29, 0.717) is 24.4 Å².